The minimum Gasteiger partial charge on any atom is -0.347 e. The highest BCUT2D eigenvalue weighted by molar-refractivity contribution is 6.31. The van der Waals surface area contributed by atoms with E-state index in [9.17, 15) is 9.18 Å². The largest absolute Gasteiger partial charge is 0.347 e. The fraction of sp³-hybridized carbons (Fsp3) is 0.214. The maximum atomic E-state index is 13.7. The summed E-state index contributed by atoms with van der Waals surface area (Å²) >= 11 is 5.97. The number of halogens is 2. The van der Waals surface area contributed by atoms with Gasteiger partial charge in [-0.15, -0.1) is 0 Å². The molecule has 1 atom stereocenters. The fourth-order valence-electron chi connectivity index (χ4n) is 1.96. The van der Waals surface area contributed by atoms with Crippen molar-refractivity contribution in [3.63, 3.8) is 0 Å². The van der Waals surface area contributed by atoms with Crippen molar-refractivity contribution in [3.8, 4) is 0 Å². The maximum Gasteiger partial charge on any atom is 0.268 e. The first kappa shape index (κ1) is 13.6. The van der Waals surface area contributed by atoms with Gasteiger partial charge in [-0.2, -0.15) is 0 Å². The molecule has 2 rings (SSSR count). The van der Waals surface area contributed by atoms with Crippen molar-refractivity contribution >= 4 is 17.5 Å². The third-order valence-corrected chi connectivity index (χ3v) is 3.29. The molecule has 0 saturated carbocycles. The van der Waals surface area contributed by atoms with Gasteiger partial charge in [0.1, 0.15) is 11.5 Å². The molecule has 2 aromatic rings. The molecule has 100 valence electrons. The highest BCUT2D eigenvalue weighted by atomic mass is 35.5. The van der Waals surface area contributed by atoms with Crippen LogP contribution in [0.25, 0.3) is 0 Å². The summed E-state index contributed by atoms with van der Waals surface area (Å²) in [5.41, 5.74) is 0.811. The van der Waals surface area contributed by atoms with Gasteiger partial charge in [0, 0.05) is 23.8 Å². The zero-order valence-corrected chi connectivity index (χ0v) is 11.4. The van der Waals surface area contributed by atoms with E-state index >= 15 is 0 Å². The van der Waals surface area contributed by atoms with E-state index in [2.05, 4.69) is 5.32 Å². The number of aromatic nitrogens is 1. The van der Waals surface area contributed by atoms with Crippen molar-refractivity contribution in [2.24, 2.45) is 7.05 Å². The van der Waals surface area contributed by atoms with Crippen LogP contribution in [0.4, 0.5) is 4.39 Å². The molecule has 0 fully saturated rings. The molecule has 0 saturated heterocycles. The second kappa shape index (κ2) is 5.45. The first-order chi connectivity index (χ1) is 9.00. The zero-order chi connectivity index (χ0) is 14.0. The van der Waals surface area contributed by atoms with E-state index in [1.54, 1.807) is 42.9 Å². The molecule has 1 heterocycles. The number of hydrogen-bond acceptors (Lipinski definition) is 1. The molecule has 1 amide bonds. The van der Waals surface area contributed by atoms with Crippen molar-refractivity contribution in [1.82, 2.24) is 9.88 Å². The minimum absolute atomic E-state index is 0.265. The third-order valence-electron chi connectivity index (χ3n) is 2.96. The van der Waals surface area contributed by atoms with Crippen LogP contribution in [0.1, 0.15) is 29.0 Å². The molecule has 1 aromatic heterocycles. The predicted octanol–water partition coefficient (Wildman–Crippen LogP) is 3.31. The Morgan fingerprint density at radius 1 is 1.37 bits per heavy atom. The lowest BCUT2D eigenvalue weighted by molar-refractivity contribution is 0.0931. The van der Waals surface area contributed by atoms with Crippen molar-refractivity contribution < 1.29 is 9.18 Å². The van der Waals surface area contributed by atoms with Gasteiger partial charge in [0.25, 0.3) is 5.91 Å². The number of carbonyl (C=O) groups excluding carboxylic acids is 1. The van der Waals surface area contributed by atoms with Gasteiger partial charge in [-0.3, -0.25) is 4.79 Å². The van der Waals surface area contributed by atoms with E-state index in [0.717, 1.165) is 0 Å². The molecular weight excluding hydrogens is 267 g/mol. The number of rotatable bonds is 3. The SMILES string of the molecule is CC(NC(=O)c1cccn1C)c1c(F)cccc1Cl. The van der Waals surface area contributed by atoms with Gasteiger partial charge in [-0.25, -0.2) is 4.39 Å². The topological polar surface area (TPSA) is 34.0 Å². The number of hydrogen-bond donors (Lipinski definition) is 1. The fourth-order valence-corrected chi connectivity index (χ4v) is 2.29. The van der Waals surface area contributed by atoms with Crippen molar-refractivity contribution in [1.29, 1.82) is 0 Å². The summed E-state index contributed by atoms with van der Waals surface area (Å²) in [7, 11) is 1.77. The number of nitrogens with one attached hydrogen (secondary N) is 1. The molecule has 1 aromatic carbocycles. The maximum absolute atomic E-state index is 13.7. The molecule has 0 spiro atoms. The van der Waals surface area contributed by atoms with Crippen molar-refractivity contribution in [2.45, 2.75) is 13.0 Å². The summed E-state index contributed by atoms with van der Waals surface area (Å²) in [6, 6.07) is 7.43. The number of carbonyl (C=O) groups is 1. The highest BCUT2D eigenvalue weighted by Crippen LogP contribution is 2.25. The van der Waals surface area contributed by atoms with E-state index in [0.29, 0.717) is 16.3 Å². The number of benzene rings is 1. The monoisotopic (exact) mass is 280 g/mol. The van der Waals surface area contributed by atoms with Crippen LogP contribution in [-0.2, 0) is 7.05 Å². The summed E-state index contributed by atoms with van der Waals surface area (Å²) in [4.78, 5) is 12.0. The summed E-state index contributed by atoms with van der Waals surface area (Å²) in [6.07, 6.45) is 1.77. The van der Waals surface area contributed by atoms with Crippen LogP contribution < -0.4 is 5.32 Å². The van der Waals surface area contributed by atoms with Crippen LogP contribution in [0.15, 0.2) is 36.5 Å². The predicted molar refractivity (Wildman–Crippen MR) is 72.7 cm³/mol. The van der Waals surface area contributed by atoms with Gasteiger partial charge in [0.15, 0.2) is 0 Å². The van der Waals surface area contributed by atoms with E-state index in [1.165, 1.54) is 12.1 Å². The van der Waals surface area contributed by atoms with Crippen molar-refractivity contribution in [3.05, 3.63) is 58.6 Å². The standard InChI is InChI=1S/C14H14ClFN2O/c1-9(13-10(15)5-3-6-11(13)16)17-14(19)12-7-4-8-18(12)2/h3-9H,1-2H3,(H,17,19). The molecular formula is C14H14ClFN2O. The van der Waals surface area contributed by atoms with Gasteiger partial charge in [0.2, 0.25) is 0 Å². The van der Waals surface area contributed by atoms with Crippen LogP contribution >= 0.6 is 11.6 Å². The van der Waals surface area contributed by atoms with Crippen LogP contribution in [0, 0.1) is 5.82 Å². The van der Waals surface area contributed by atoms with Crippen LogP contribution in [-0.4, -0.2) is 10.5 Å². The number of nitrogens with zero attached hydrogens (tertiary/aromatic N) is 1. The first-order valence-electron chi connectivity index (χ1n) is 5.87. The molecule has 19 heavy (non-hydrogen) atoms. The normalized spacial score (nSPS) is 12.2. The van der Waals surface area contributed by atoms with E-state index in [-0.39, 0.29) is 5.91 Å². The third kappa shape index (κ3) is 2.79. The number of aryl methyl sites for hydroxylation is 1. The van der Waals surface area contributed by atoms with E-state index < -0.39 is 11.9 Å². The smallest absolute Gasteiger partial charge is 0.268 e. The lowest BCUT2D eigenvalue weighted by Crippen LogP contribution is -2.28. The van der Waals surface area contributed by atoms with Gasteiger partial charge in [-0.05, 0) is 31.2 Å². The summed E-state index contributed by atoms with van der Waals surface area (Å²) in [5, 5.41) is 3.04. The molecule has 1 N–H and O–H groups in total. The Bertz CT molecular complexity index is 589. The zero-order valence-electron chi connectivity index (χ0n) is 10.7. The molecule has 5 heteroatoms. The first-order valence-corrected chi connectivity index (χ1v) is 6.24. The van der Waals surface area contributed by atoms with Crippen molar-refractivity contribution in [2.75, 3.05) is 0 Å². The average Bonchev–Trinajstić information content (AvgIpc) is 2.75. The average molecular weight is 281 g/mol. The molecule has 0 aliphatic heterocycles. The molecule has 0 aliphatic carbocycles. The Kier molecular flexibility index (Phi) is 3.90. The highest BCUT2D eigenvalue weighted by Gasteiger charge is 2.18. The number of amides is 1. The Hall–Kier alpha value is -1.81. The second-order valence-corrected chi connectivity index (χ2v) is 4.74. The molecule has 1 unspecified atom stereocenters. The minimum atomic E-state index is -0.504. The summed E-state index contributed by atoms with van der Waals surface area (Å²) < 4.78 is 15.4. The van der Waals surface area contributed by atoms with Crippen LogP contribution in [0.3, 0.4) is 0 Å². The molecule has 0 aliphatic rings. The van der Waals surface area contributed by atoms with E-state index in [1.807, 2.05) is 0 Å². The van der Waals surface area contributed by atoms with Crippen LogP contribution in [0.2, 0.25) is 5.02 Å². The Balaban J connectivity index is 2.20. The van der Waals surface area contributed by atoms with E-state index in [4.69, 9.17) is 11.6 Å². The second-order valence-electron chi connectivity index (χ2n) is 4.33. The lowest BCUT2D eigenvalue weighted by Gasteiger charge is -2.16. The summed E-state index contributed by atoms with van der Waals surface area (Å²) in [6.45, 7) is 1.70. The molecule has 3 nitrogen and oxygen atoms in total. The molecule has 0 radical (unpaired) electrons. The van der Waals surface area contributed by atoms with Crippen LogP contribution in [0.5, 0.6) is 0 Å². The Morgan fingerprint density at radius 3 is 2.68 bits per heavy atom. The van der Waals surface area contributed by atoms with Gasteiger partial charge in [-0.1, -0.05) is 17.7 Å². The van der Waals surface area contributed by atoms with Gasteiger partial charge in [0.05, 0.1) is 6.04 Å². The Labute approximate surface area is 116 Å². The quantitative estimate of drug-likeness (QED) is 0.919. The summed E-state index contributed by atoms with van der Waals surface area (Å²) in [5.74, 6) is -0.688. The molecule has 0 bridgehead atoms. The lowest BCUT2D eigenvalue weighted by atomic mass is 10.1. The Morgan fingerprint density at radius 2 is 2.11 bits per heavy atom. The van der Waals surface area contributed by atoms with Gasteiger partial charge >= 0.3 is 0 Å². The van der Waals surface area contributed by atoms with Gasteiger partial charge < -0.3 is 9.88 Å².